The maximum Gasteiger partial charge on any atom is 0.252 e. The fraction of sp³-hybridized carbons (Fsp3) is 0.357. The Kier molecular flexibility index (Phi) is 3.48. The number of carbonyl (C=O) groups is 3. The van der Waals surface area contributed by atoms with E-state index in [4.69, 9.17) is 5.73 Å². The van der Waals surface area contributed by atoms with Crippen LogP contribution < -0.4 is 11.1 Å². The number of nitrogens with two attached hydrogens (primary N) is 1. The lowest BCUT2D eigenvalue weighted by atomic mass is 9.97. The average Bonchev–Trinajstić information content (AvgIpc) is 2.37. The van der Waals surface area contributed by atoms with Crippen molar-refractivity contribution in [2.45, 2.75) is 25.8 Å². The van der Waals surface area contributed by atoms with Gasteiger partial charge in [0.2, 0.25) is 11.8 Å². The Morgan fingerprint density at radius 1 is 1.30 bits per heavy atom. The number of benzene rings is 1. The molecule has 106 valence electrons. The molecule has 6 nitrogen and oxygen atoms in total. The van der Waals surface area contributed by atoms with Gasteiger partial charge in [-0.15, -0.1) is 0 Å². The monoisotopic (exact) mass is 275 g/mol. The molecule has 1 aliphatic rings. The zero-order valence-electron chi connectivity index (χ0n) is 11.5. The van der Waals surface area contributed by atoms with E-state index in [9.17, 15) is 14.4 Å². The number of nitrogen functional groups attached to an aromatic ring is 1. The lowest BCUT2D eigenvalue weighted by molar-refractivity contribution is -0.155. The summed E-state index contributed by atoms with van der Waals surface area (Å²) in [5.74, 6) is -1.18. The quantitative estimate of drug-likeness (QED) is 0.590. The zero-order chi connectivity index (χ0) is 14.9. The number of anilines is 1. The number of rotatable bonds is 2. The van der Waals surface area contributed by atoms with Crippen LogP contribution in [0, 0.1) is 0 Å². The predicted molar refractivity (Wildman–Crippen MR) is 73.5 cm³/mol. The Morgan fingerprint density at radius 2 is 1.90 bits per heavy atom. The molecule has 0 aliphatic carbocycles. The van der Waals surface area contributed by atoms with Gasteiger partial charge in [-0.2, -0.15) is 0 Å². The van der Waals surface area contributed by atoms with Gasteiger partial charge in [-0.1, -0.05) is 12.1 Å². The van der Waals surface area contributed by atoms with Gasteiger partial charge in [0.05, 0.1) is 6.42 Å². The average molecular weight is 275 g/mol. The van der Waals surface area contributed by atoms with Crippen molar-refractivity contribution in [3.05, 3.63) is 29.8 Å². The van der Waals surface area contributed by atoms with Crippen LogP contribution in [0.25, 0.3) is 0 Å². The third-order valence-electron chi connectivity index (χ3n) is 3.42. The summed E-state index contributed by atoms with van der Waals surface area (Å²) in [6.45, 7) is 3.14. The Bertz CT molecular complexity index is 564. The van der Waals surface area contributed by atoms with Crippen LogP contribution in [-0.4, -0.2) is 34.7 Å². The number of piperazine rings is 1. The van der Waals surface area contributed by atoms with Crippen LogP contribution in [0.1, 0.15) is 19.4 Å². The molecule has 1 heterocycles. The molecule has 1 aliphatic heterocycles. The van der Waals surface area contributed by atoms with Gasteiger partial charge < -0.3 is 10.6 Å². The summed E-state index contributed by atoms with van der Waals surface area (Å²) in [4.78, 5) is 36.9. The van der Waals surface area contributed by atoms with Gasteiger partial charge in [0.25, 0.3) is 5.91 Å². The molecule has 1 aromatic carbocycles. The summed E-state index contributed by atoms with van der Waals surface area (Å²) in [5, 5.41) is 2.24. The summed E-state index contributed by atoms with van der Waals surface area (Å²) >= 11 is 0. The minimum Gasteiger partial charge on any atom is -0.399 e. The molecule has 20 heavy (non-hydrogen) atoms. The van der Waals surface area contributed by atoms with E-state index < -0.39 is 17.4 Å². The lowest BCUT2D eigenvalue weighted by Crippen LogP contribution is -2.65. The van der Waals surface area contributed by atoms with Gasteiger partial charge in [-0.3, -0.25) is 19.7 Å². The van der Waals surface area contributed by atoms with Crippen molar-refractivity contribution in [2.75, 3.05) is 12.3 Å². The second-order valence-corrected chi connectivity index (χ2v) is 5.33. The largest absolute Gasteiger partial charge is 0.399 e. The number of hydrogen-bond acceptors (Lipinski definition) is 4. The minimum atomic E-state index is -1.03. The number of carbonyl (C=O) groups excluding carboxylic acids is 3. The number of nitrogens with zero attached hydrogens (tertiary/aromatic N) is 1. The first-order valence-electron chi connectivity index (χ1n) is 6.30. The van der Waals surface area contributed by atoms with Crippen molar-refractivity contribution in [1.82, 2.24) is 10.2 Å². The van der Waals surface area contributed by atoms with E-state index in [1.54, 1.807) is 38.1 Å². The highest BCUT2D eigenvalue weighted by Gasteiger charge is 2.43. The van der Waals surface area contributed by atoms with Crippen LogP contribution in [-0.2, 0) is 20.8 Å². The molecule has 0 atom stereocenters. The van der Waals surface area contributed by atoms with Crippen molar-refractivity contribution in [3.8, 4) is 0 Å². The van der Waals surface area contributed by atoms with Crippen molar-refractivity contribution in [3.63, 3.8) is 0 Å². The number of nitrogens with one attached hydrogen (secondary N) is 1. The van der Waals surface area contributed by atoms with Crippen LogP contribution in [0.4, 0.5) is 5.69 Å². The number of imide groups is 1. The van der Waals surface area contributed by atoms with Crippen molar-refractivity contribution >= 4 is 23.4 Å². The first-order chi connectivity index (χ1) is 9.30. The summed E-state index contributed by atoms with van der Waals surface area (Å²) in [5.41, 5.74) is 5.97. The Morgan fingerprint density at radius 3 is 2.50 bits per heavy atom. The van der Waals surface area contributed by atoms with Crippen LogP contribution in [0.2, 0.25) is 0 Å². The topological polar surface area (TPSA) is 92.5 Å². The van der Waals surface area contributed by atoms with Gasteiger partial charge in [0.1, 0.15) is 12.1 Å². The van der Waals surface area contributed by atoms with Gasteiger partial charge in [-0.05, 0) is 31.5 Å². The Labute approximate surface area is 116 Å². The first kappa shape index (κ1) is 14.0. The molecule has 6 heteroatoms. The Balaban J connectivity index is 2.16. The van der Waals surface area contributed by atoms with E-state index in [0.29, 0.717) is 5.69 Å². The number of hydrogen-bond donors (Lipinski definition) is 2. The smallest absolute Gasteiger partial charge is 0.252 e. The van der Waals surface area contributed by atoms with Gasteiger partial charge in [0, 0.05) is 5.69 Å². The zero-order valence-corrected chi connectivity index (χ0v) is 11.5. The molecule has 3 amide bonds. The third kappa shape index (κ3) is 2.64. The molecule has 2 rings (SSSR count). The van der Waals surface area contributed by atoms with Crippen molar-refractivity contribution < 1.29 is 14.4 Å². The van der Waals surface area contributed by atoms with E-state index in [2.05, 4.69) is 5.32 Å². The molecular weight excluding hydrogens is 258 g/mol. The first-order valence-corrected chi connectivity index (χ1v) is 6.30. The molecule has 0 spiro atoms. The molecule has 0 aromatic heterocycles. The van der Waals surface area contributed by atoms with E-state index in [1.165, 1.54) is 4.90 Å². The number of amides is 3. The van der Waals surface area contributed by atoms with Gasteiger partial charge >= 0.3 is 0 Å². The normalized spacial score (nSPS) is 17.8. The highest BCUT2D eigenvalue weighted by atomic mass is 16.2. The standard InChI is InChI=1S/C14H17N3O3/c1-14(2)13(20)16-11(18)8-17(14)12(19)7-9-3-5-10(15)6-4-9/h3-6H,7-8,15H2,1-2H3,(H,16,18,20). The van der Waals surface area contributed by atoms with E-state index in [0.717, 1.165) is 5.56 Å². The molecular formula is C14H17N3O3. The van der Waals surface area contributed by atoms with E-state index in [-0.39, 0.29) is 18.9 Å². The molecule has 3 N–H and O–H groups in total. The molecule has 0 bridgehead atoms. The molecule has 0 unspecified atom stereocenters. The van der Waals surface area contributed by atoms with Crippen molar-refractivity contribution in [1.29, 1.82) is 0 Å². The predicted octanol–water partition coefficient (Wildman–Crippen LogP) is 0.0749. The molecule has 1 saturated heterocycles. The second-order valence-electron chi connectivity index (χ2n) is 5.33. The third-order valence-corrected chi connectivity index (χ3v) is 3.42. The summed E-state index contributed by atoms with van der Waals surface area (Å²) < 4.78 is 0. The van der Waals surface area contributed by atoms with Crippen LogP contribution in [0.15, 0.2) is 24.3 Å². The SMILES string of the molecule is CC1(C)C(=O)NC(=O)CN1C(=O)Cc1ccc(N)cc1. The van der Waals surface area contributed by atoms with Crippen LogP contribution >= 0.6 is 0 Å². The van der Waals surface area contributed by atoms with Crippen LogP contribution in [0.5, 0.6) is 0 Å². The highest BCUT2D eigenvalue weighted by molar-refractivity contribution is 6.06. The fourth-order valence-corrected chi connectivity index (χ4v) is 2.09. The maximum atomic E-state index is 12.3. The lowest BCUT2D eigenvalue weighted by Gasteiger charge is -2.40. The Hall–Kier alpha value is -2.37. The summed E-state index contributed by atoms with van der Waals surface area (Å²) in [6.07, 6.45) is 0.129. The maximum absolute atomic E-state index is 12.3. The molecule has 1 aromatic rings. The van der Waals surface area contributed by atoms with Crippen molar-refractivity contribution in [2.24, 2.45) is 0 Å². The van der Waals surface area contributed by atoms with Crippen LogP contribution in [0.3, 0.4) is 0 Å². The highest BCUT2D eigenvalue weighted by Crippen LogP contribution is 2.19. The summed E-state index contributed by atoms with van der Waals surface area (Å²) in [6, 6.07) is 6.93. The molecule has 0 radical (unpaired) electrons. The molecule has 0 saturated carbocycles. The summed E-state index contributed by atoms with van der Waals surface area (Å²) in [7, 11) is 0. The van der Waals surface area contributed by atoms with E-state index in [1.807, 2.05) is 0 Å². The molecule has 1 fully saturated rings. The van der Waals surface area contributed by atoms with E-state index >= 15 is 0 Å². The second kappa shape index (κ2) is 4.96. The fourth-order valence-electron chi connectivity index (χ4n) is 2.09. The van der Waals surface area contributed by atoms with Gasteiger partial charge in [-0.25, -0.2) is 0 Å². The van der Waals surface area contributed by atoms with Gasteiger partial charge in [0.15, 0.2) is 0 Å². The minimum absolute atomic E-state index is 0.105.